The van der Waals surface area contributed by atoms with Crippen LogP contribution in [0.25, 0.3) is 0 Å². The van der Waals surface area contributed by atoms with Crippen LogP contribution in [0, 0.1) is 27.7 Å². The zero-order valence-electron chi connectivity index (χ0n) is 16.7. The highest BCUT2D eigenvalue weighted by molar-refractivity contribution is 7.89. The van der Waals surface area contributed by atoms with Crippen LogP contribution in [-0.2, 0) is 16.4 Å². The smallest absolute Gasteiger partial charge is 0.241 e. The van der Waals surface area contributed by atoms with Crippen LogP contribution in [0.2, 0.25) is 0 Å². The summed E-state index contributed by atoms with van der Waals surface area (Å²) < 4.78 is 28.4. The number of rotatable bonds is 7. The second kappa shape index (κ2) is 8.23. The molecule has 26 heavy (non-hydrogen) atoms. The maximum absolute atomic E-state index is 12.8. The number of hydrogen-bond donors (Lipinski definition) is 1. The second-order valence-corrected chi connectivity index (χ2v) is 8.86. The summed E-state index contributed by atoms with van der Waals surface area (Å²) in [6, 6.07) is 10.4. The Bertz CT molecular complexity index is 844. The third-order valence-electron chi connectivity index (χ3n) is 4.95. The van der Waals surface area contributed by atoms with E-state index in [1.807, 2.05) is 47.9 Å². The highest BCUT2D eigenvalue weighted by Gasteiger charge is 2.21. The van der Waals surface area contributed by atoms with Crippen molar-refractivity contribution in [2.24, 2.45) is 0 Å². The summed E-state index contributed by atoms with van der Waals surface area (Å²) in [5, 5.41) is 0. The molecule has 0 spiro atoms. The molecule has 0 heterocycles. The third-order valence-corrected chi connectivity index (χ3v) is 6.69. The van der Waals surface area contributed by atoms with Crippen LogP contribution in [0.15, 0.2) is 35.2 Å². The lowest BCUT2D eigenvalue weighted by atomic mass is 10.0. The SMILES string of the molecule is Cc1cc(C)c(C)c(S(=O)(=O)NCCCc2ccc(N(C)C)cc2)c1C. The highest BCUT2D eigenvalue weighted by atomic mass is 32.2. The zero-order chi connectivity index (χ0) is 19.5. The first-order valence-corrected chi connectivity index (χ1v) is 10.4. The average molecular weight is 375 g/mol. The maximum atomic E-state index is 12.8. The largest absolute Gasteiger partial charge is 0.378 e. The summed E-state index contributed by atoms with van der Waals surface area (Å²) in [5.74, 6) is 0. The maximum Gasteiger partial charge on any atom is 0.241 e. The predicted octanol–water partition coefficient (Wildman–Crippen LogP) is 3.90. The number of sulfonamides is 1. The van der Waals surface area contributed by atoms with Crippen molar-refractivity contribution in [3.8, 4) is 0 Å². The van der Waals surface area contributed by atoms with E-state index < -0.39 is 10.0 Å². The fourth-order valence-corrected chi connectivity index (χ4v) is 4.80. The molecule has 0 aliphatic heterocycles. The van der Waals surface area contributed by atoms with E-state index in [0.29, 0.717) is 11.4 Å². The zero-order valence-corrected chi connectivity index (χ0v) is 17.5. The van der Waals surface area contributed by atoms with E-state index in [0.717, 1.165) is 40.8 Å². The molecule has 0 bridgehead atoms. The standard InChI is InChI=1S/C21H30N2O2S/c1-15-14-16(2)18(4)21(17(15)3)26(24,25)22-13-7-8-19-9-11-20(12-10-19)23(5)6/h9-12,14,22H,7-8,13H2,1-6H3. The van der Waals surface area contributed by atoms with Crippen molar-refractivity contribution < 1.29 is 8.42 Å². The van der Waals surface area contributed by atoms with Gasteiger partial charge in [0, 0.05) is 26.3 Å². The summed E-state index contributed by atoms with van der Waals surface area (Å²) in [4.78, 5) is 2.50. The molecule has 0 unspecified atom stereocenters. The number of hydrogen-bond acceptors (Lipinski definition) is 3. The van der Waals surface area contributed by atoms with Crippen molar-refractivity contribution in [3.05, 3.63) is 58.1 Å². The summed E-state index contributed by atoms with van der Waals surface area (Å²) >= 11 is 0. The first kappa shape index (κ1) is 20.5. The minimum absolute atomic E-state index is 0.434. The fourth-order valence-electron chi connectivity index (χ4n) is 3.12. The molecule has 0 saturated heterocycles. The molecule has 2 aromatic carbocycles. The number of nitrogens with zero attached hydrogens (tertiary/aromatic N) is 1. The van der Waals surface area contributed by atoms with Crippen LogP contribution in [0.4, 0.5) is 5.69 Å². The van der Waals surface area contributed by atoms with Crippen LogP contribution >= 0.6 is 0 Å². The van der Waals surface area contributed by atoms with Gasteiger partial charge in [0.1, 0.15) is 0 Å². The van der Waals surface area contributed by atoms with Gasteiger partial charge in [-0.3, -0.25) is 0 Å². The first-order valence-electron chi connectivity index (χ1n) is 8.97. The van der Waals surface area contributed by atoms with Gasteiger partial charge in [0.2, 0.25) is 10.0 Å². The topological polar surface area (TPSA) is 49.4 Å². The molecule has 0 amide bonds. The van der Waals surface area contributed by atoms with Crippen molar-refractivity contribution in [1.82, 2.24) is 4.72 Å². The van der Waals surface area contributed by atoms with Gasteiger partial charge in [-0.15, -0.1) is 0 Å². The predicted molar refractivity (Wildman–Crippen MR) is 110 cm³/mol. The minimum Gasteiger partial charge on any atom is -0.378 e. The van der Waals surface area contributed by atoms with Crippen LogP contribution < -0.4 is 9.62 Å². The molecule has 142 valence electrons. The fraction of sp³-hybridized carbons (Fsp3) is 0.429. The Hall–Kier alpha value is -1.85. The number of aryl methyl sites for hydroxylation is 3. The third kappa shape index (κ3) is 4.65. The molecule has 0 saturated carbocycles. The lowest BCUT2D eigenvalue weighted by Crippen LogP contribution is -2.27. The molecule has 0 fully saturated rings. The molecular weight excluding hydrogens is 344 g/mol. The van der Waals surface area contributed by atoms with E-state index >= 15 is 0 Å². The van der Waals surface area contributed by atoms with Gasteiger partial charge in [0.15, 0.2) is 0 Å². The van der Waals surface area contributed by atoms with Crippen LogP contribution in [0.1, 0.15) is 34.2 Å². The lowest BCUT2D eigenvalue weighted by molar-refractivity contribution is 0.577. The molecule has 0 atom stereocenters. The Morgan fingerprint density at radius 3 is 1.96 bits per heavy atom. The van der Waals surface area contributed by atoms with Gasteiger partial charge in [0.05, 0.1) is 4.90 Å². The molecule has 0 aliphatic carbocycles. The normalized spacial score (nSPS) is 11.6. The molecule has 1 N–H and O–H groups in total. The molecule has 2 rings (SSSR count). The van der Waals surface area contributed by atoms with Gasteiger partial charge in [-0.05, 0) is 80.5 Å². The molecule has 0 radical (unpaired) electrons. The van der Waals surface area contributed by atoms with Crippen LogP contribution in [-0.4, -0.2) is 29.1 Å². The lowest BCUT2D eigenvalue weighted by Gasteiger charge is -2.16. The van der Waals surface area contributed by atoms with E-state index in [1.165, 1.54) is 5.56 Å². The summed E-state index contributed by atoms with van der Waals surface area (Å²) in [7, 11) is 0.534. The van der Waals surface area contributed by atoms with Gasteiger partial charge < -0.3 is 4.90 Å². The number of benzene rings is 2. The van der Waals surface area contributed by atoms with Gasteiger partial charge >= 0.3 is 0 Å². The Labute approximate surface area is 158 Å². The monoisotopic (exact) mass is 374 g/mol. The molecule has 2 aromatic rings. The molecule has 4 nitrogen and oxygen atoms in total. The summed E-state index contributed by atoms with van der Waals surface area (Å²) in [5.41, 5.74) is 6.06. The van der Waals surface area contributed by atoms with Gasteiger partial charge in [-0.2, -0.15) is 0 Å². The Balaban J connectivity index is 2.01. The van der Waals surface area contributed by atoms with E-state index in [2.05, 4.69) is 33.9 Å². The van der Waals surface area contributed by atoms with E-state index in [9.17, 15) is 8.42 Å². The van der Waals surface area contributed by atoms with Crippen molar-refractivity contribution in [3.63, 3.8) is 0 Å². The average Bonchev–Trinajstić information content (AvgIpc) is 2.57. The Morgan fingerprint density at radius 2 is 1.46 bits per heavy atom. The van der Waals surface area contributed by atoms with Gasteiger partial charge in [-0.25, -0.2) is 13.1 Å². The van der Waals surface area contributed by atoms with Crippen molar-refractivity contribution in [2.45, 2.75) is 45.4 Å². The van der Waals surface area contributed by atoms with E-state index in [4.69, 9.17) is 0 Å². The van der Waals surface area contributed by atoms with Crippen LogP contribution in [0.5, 0.6) is 0 Å². The molecule has 0 aromatic heterocycles. The molecule has 5 heteroatoms. The Morgan fingerprint density at radius 1 is 0.923 bits per heavy atom. The molecule has 0 aliphatic rings. The minimum atomic E-state index is -3.50. The first-order chi connectivity index (χ1) is 12.1. The van der Waals surface area contributed by atoms with Gasteiger partial charge in [0.25, 0.3) is 0 Å². The second-order valence-electron chi connectivity index (χ2n) is 7.15. The summed E-state index contributed by atoms with van der Waals surface area (Å²) in [6.07, 6.45) is 1.62. The van der Waals surface area contributed by atoms with Crippen molar-refractivity contribution in [1.29, 1.82) is 0 Å². The number of nitrogens with one attached hydrogen (secondary N) is 1. The quantitative estimate of drug-likeness (QED) is 0.748. The number of anilines is 1. The highest BCUT2D eigenvalue weighted by Crippen LogP contribution is 2.25. The van der Waals surface area contributed by atoms with E-state index in [1.54, 1.807) is 0 Å². The van der Waals surface area contributed by atoms with Crippen molar-refractivity contribution in [2.75, 3.05) is 25.5 Å². The van der Waals surface area contributed by atoms with Crippen molar-refractivity contribution >= 4 is 15.7 Å². The summed E-state index contributed by atoms with van der Waals surface area (Å²) in [6.45, 7) is 8.10. The van der Waals surface area contributed by atoms with E-state index in [-0.39, 0.29) is 0 Å². The molecular formula is C21H30N2O2S. The van der Waals surface area contributed by atoms with Gasteiger partial charge in [-0.1, -0.05) is 18.2 Å². The van der Waals surface area contributed by atoms with Crippen LogP contribution in [0.3, 0.4) is 0 Å². The Kier molecular flexibility index (Phi) is 6.48.